The van der Waals surface area contributed by atoms with Crippen molar-refractivity contribution in [1.82, 2.24) is 10.2 Å². The van der Waals surface area contributed by atoms with Gasteiger partial charge in [-0.2, -0.15) is 0 Å². The highest BCUT2D eigenvalue weighted by atomic mass is 16.5. The molecule has 1 heterocycles. The molecule has 100 valence electrons. The largest absolute Gasteiger partial charge is 0.480 e. The van der Waals surface area contributed by atoms with Crippen LogP contribution in [0.15, 0.2) is 0 Å². The first-order valence-corrected chi connectivity index (χ1v) is 5.75. The molecule has 2 amide bonds. The molecule has 0 saturated carbocycles. The van der Waals surface area contributed by atoms with Crippen LogP contribution in [0.1, 0.15) is 19.8 Å². The Morgan fingerprint density at radius 3 is 2.83 bits per heavy atom. The SMILES string of the molecule is C#CCC(C)NC(=O)N1CC(OC)CC1C(=O)O. The van der Waals surface area contributed by atoms with Crippen LogP contribution in [0.2, 0.25) is 0 Å². The summed E-state index contributed by atoms with van der Waals surface area (Å²) in [6, 6.07) is -1.43. The summed E-state index contributed by atoms with van der Waals surface area (Å²) in [5, 5.41) is 11.8. The number of carbonyl (C=O) groups is 2. The van der Waals surface area contributed by atoms with Crippen molar-refractivity contribution < 1.29 is 19.4 Å². The Labute approximate surface area is 106 Å². The molecule has 0 aromatic rings. The summed E-state index contributed by atoms with van der Waals surface area (Å²) in [4.78, 5) is 24.3. The van der Waals surface area contributed by atoms with Crippen LogP contribution in [-0.2, 0) is 9.53 Å². The number of rotatable bonds is 4. The molecule has 1 rings (SSSR count). The van der Waals surface area contributed by atoms with Crippen LogP contribution in [0.4, 0.5) is 4.79 Å². The predicted molar refractivity (Wildman–Crippen MR) is 65.0 cm³/mol. The summed E-state index contributed by atoms with van der Waals surface area (Å²) < 4.78 is 5.11. The van der Waals surface area contributed by atoms with Crippen molar-refractivity contribution in [2.24, 2.45) is 0 Å². The second-order valence-corrected chi connectivity index (χ2v) is 4.36. The van der Waals surface area contributed by atoms with Gasteiger partial charge in [-0.3, -0.25) is 0 Å². The molecule has 0 aromatic carbocycles. The Hall–Kier alpha value is -1.74. The zero-order valence-corrected chi connectivity index (χ0v) is 10.5. The molecule has 2 N–H and O–H groups in total. The van der Waals surface area contributed by atoms with Gasteiger partial charge in [0.1, 0.15) is 6.04 Å². The second kappa shape index (κ2) is 6.26. The van der Waals surface area contributed by atoms with E-state index in [1.807, 2.05) is 0 Å². The molecule has 0 spiro atoms. The van der Waals surface area contributed by atoms with Crippen molar-refractivity contribution in [3.63, 3.8) is 0 Å². The van der Waals surface area contributed by atoms with E-state index in [1.54, 1.807) is 6.92 Å². The third-order valence-corrected chi connectivity index (χ3v) is 2.94. The Bertz CT molecular complexity index is 364. The fraction of sp³-hybridized carbons (Fsp3) is 0.667. The summed E-state index contributed by atoms with van der Waals surface area (Å²) in [6.07, 6.45) is 5.63. The summed E-state index contributed by atoms with van der Waals surface area (Å²) in [7, 11) is 1.51. The number of hydrogen-bond acceptors (Lipinski definition) is 3. The molecule has 0 aromatic heterocycles. The summed E-state index contributed by atoms with van der Waals surface area (Å²) >= 11 is 0. The van der Waals surface area contributed by atoms with E-state index in [0.29, 0.717) is 12.8 Å². The molecule has 1 aliphatic heterocycles. The number of carbonyl (C=O) groups excluding carboxylic acids is 1. The maximum atomic E-state index is 11.9. The first-order chi connectivity index (χ1) is 8.49. The van der Waals surface area contributed by atoms with Gasteiger partial charge in [0.15, 0.2) is 0 Å². The Morgan fingerprint density at radius 1 is 1.67 bits per heavy atom. The number of ether oxygens (including phenoxy) is 1. The third-order valence-electron chi connectivity index (χ3n) is 2.94. The zero-order chi connectivity index (χ0) is 13.7. The van der Waals surface area contributed by atoms with E-state index in [4.69, 9.17) is 16.3 Å². The van der Waals surface area contributed by atoms with Crippen molar-refractivity contribution >= 4 is 12.0 Å². The average molecular weight is 254 g/mol. The maximum absolute atomic E-state index is 11.9. The standard InChI is InChI=1S/C12H18N2O4/c1-4-5-8(2)13-12(17)14-7-9(18-3)6-10(14)11(15)16/h1,8-10H,5-7H2,2-3H3,(H,13,17)(H,15,16). The van der Waals surface area contributed by atoms with Crippen LogP contribution in [0.3, 0.4) is 0 Å². The minimum Gasteiger partial charge on any atom is -0.480 e. The van der Waals surface area contributed by atoms with Gasteiger partial charge in [0.05, 0.1) is 6.10 Å². The van der Waals surface area contributed by atoms with E-state index >= 15 is 0 Å². The van der Waals surface area contributed by atoms with Gasteiger partial charge in [0.2, 0.25) is 0 Å². The van der Waals surface area contributed by atoms with Crippen molar-refractivity contribution in [2.45, 2.75) is 38.0 Å². The number of nitrogens with one attached hydrogen (secondary N) is 1. The highest BCUT2D eigenvalue weighted by molar-refractivity contribution is 5.83. The number of hydrogen-bond donors (Lipinski definition) is 2. The zero-order valence-electron chi connectivity index (χ0n) is 10.5. The summed E-state index contributed by atoms with van der Waals surface area (Å²) in [5.41, 5.74) is 0. The van der Waals surface area contributed by atoms with E-state index in [2.05, 4.69) is 11.2 Å². The fourth-order valence-electron chi connectivity index (χ4n) is 1.95. The molecule has 0 bridgehead atoms. The van der Waals surface area contributed by atoms with E-state index < -0.39 is 18.0 Å². The lowest BCUT2D eigenvalue weighted by atomic mass is 10.2. The topological polar surface area (TPSA) is 78.9 Å². The molecule has 3 unspecified atom stereocenters. The lowest BCUT2D eigenvalue weighted by Crippen LogP contribution is -2.48. The van der Waals surface area contributed by atoms with Gasteiger partial charge in [0.25, 0.3) is 0 Å². The van der Waals surface area contributed by atoms with Crippen molar-refractivity contribution in [1.29, 1.82) is 0 Å². The number of likely N-dealkylation sites (tertiary alicyclic amines) is 1. The fourth-order valence-corrected chi connectivity index (χ4v) is 1.95. The first kappa shape index (κ1) is 14.3. The van der Waals surface area contributed by atoms with E-state index in [0.717, 1.165) is 0 Å². The van der Waals surface area contributed by atoms with Gasteiger partial charge < -0.3 is 20.1 Å². The van der Waals surface area contributed by atoms with Gasteiger partial charge in [-0.15, -0.1) is 12.3 Å². The number of urea groups is 1. The Morgan fingerprint density at radius 2 is 2.33 bits per heavy atom. The number of methoxy groups -OCH3 is 1. The van der Waals surface area contributed by atoms with Crippen molar-refractivity contribution in [3.05, 3.63) is 0 Å². The number of carboxylic acids is 1. The van der Waals surface area contributed by atoms with Gasteiger partial charge in [-0.1, -0.05) is 0 Å². The number of terminal acetylenes is 1. The first-order valence-electron chi connectivity index (χ1n) is 5.75. The van der Waals surface area contributed by atoms with Crippen molar-refractivity contribution in [2.75, 3.05) is 13.7 Å². The molecule has 18 heavy (non-hydrogen) atoms. The normalized spacial score (nSPS) is 24.4. The molecule has 1 aliphatic rings. The molecule has 0 radical (unpaired) electrons. The lowest BCUT2D eigenvalue weighted by Gasteiger charge is -2.23. The maximum Gasteiger partial charge on any atom is 0.326 e. The predicted octanol–water partition coefficient (Wildman–Crippen LogP) is 0.282. The summed E-state index contributed by atoms with van der Waals surface area (Å²) in [5.74, 6) is 1.42. The van der Waals surface area contributed by atoms with E-state index in [1.165, 1.54) is 12.0 Å². The molecule has 6 heteroatoms. The minimum absolute atomic E-state index is 0.182. The minimum atomic E-state index is -1.02. The molecular weight excluding hydrogens is 236 g/mol. The summed E-state index contributed by atoms with van der Waals surface area (Å²) in [6.45, 7) is 2.06. The number of carboxylic acid groups (broad SMARTS) is 1. The molecule has 0 aliphatic carbocycles. The number of amides is 2. The van der Waals surface area contributed by atoms with Crippen LogP contribution in [0.25, 0.3) is 0 Å². The highest BCUT2D eigenvalue weighted by Crippen LogP contribution is 2.20. The number of aliphatic carboxylic acids is 1. The van der Waals surface area contributed by atoms with Gasteiger partial charge in [-0.05, 0) is 6.92 Å². The number of nitrogens with zero attached hydrogens (tertiary/aromatic N) is 1. The van der Waals surface area contributed by atoms with Crippen LogP contribution < -0.4 is 5.32 Å². The van der Waals surface area contributed by atoms with Crippen molar-refractivity contribution in [3.8, 4) is 12.3 Å². The Balaban J connectivity index is 2.65. The average Bonchev–Trinajstić information content (AvgIpc) is 2.73. The second-order valence-electron chi connectivity index (χ2n) is 4.36. The third kappa shape index (κ3) is 3.37. The highest BCUT2D eigenvalue weighted by Gasteiger charge is 2.40. The molecule has 6 nitrogen and oxygen atoms in total. The van der Waals surface area contributed by atoms with Gasteiger partial charge >= 0.3 is 12.0 Å². The van der Waals surface area contributed by atoms with Crippen LogP contribution in [-0.4, -0.2) is 53.8 Å². The van der Waals surface area contributed by atoms with Crippen LogP contribution in [0.5, 0.6) is 0 Å². The monoisotopic (exact) mass is 254 g/mol. The quantitative estimate of drug-likeness (QED) is 0.706. The smallest absolute Gasteiger partial charge is 0.326 e. The van der Waals surface area contributed by atoms with Gasteiger partial charge in [0, 0.05) is 32.5 Å². The van der Waals surface area contributed by atoms with Gasteiger partial charge in [-0.25, -0.2) is 9.59 Å². The van der Waals surface area contributed by atoms with Crippen LogP contribution in [0, 0.1) is 12.3 Å². The van der Waals surface area contributed by atoms with E-state index in [9.17, 15) is 9.59 Å². The molecule has 3 atom stereocenters. The van der Waals surface area contributed by atoms with E-state index in [-0.39, 0.29) is 18.7 Å². The van der Waals surface area contributed by atoms with Crippen LogP contribution >= 0.6 is 0 Å². The lowest BCUT2D eigenvalue weighted by molar-refractivity contribution is -0.141. The molecule has 1 saturated heterocycles. The molecule has 1 fully saturated rings. The molecular formula is C12H18N2O4. The Kier molecular flexibility index (Phi) is 4.98.